The van der Waals surface area contributed by atoms with Crippen LogP contribution in [-0.4, -0.2) is 18.8 Å². The fourth-order valence-electron chi connectivity index (χ4n) is 0.124. The molecule has 40 valence electrons. The third kappa shape index (κ3) is 3.13. The van der Waals surface area contributed by atoms with E-state index in [0.717, 1.165) is 0 Å². The van der Waals surface area contributed by atoms with Crippen molar-refractivity contribution in [3.63, 3.8) is 0 Å². The van der Waals surface area contributed by atoms with Crippen LogP contribution in [0, 0.1) is 0 Å². The zero-order valence-electron chi connectivity index (χ0n) is 4.02. The molecule has 0 amide bonds. The molecule has 0 N–H and O–H groups in total. The molecular weight excluding hydrogens is 97.0 g/mol. The largest absolute Gasteiger partial charge is 0.249 e. The minimum absolute atomic E-state index is 0.516. The topological polar surface area (TPSA) is 29.4 Å². The van der Waals surface area contributed by atoms with Gasteiger partial charge in [0, 0.05) is 0 Å². The van der Waals surface area contributed by atoms with Crippen molar-refractivity contribution in [2.75, 3.05) is 6.67 Å². The molecule has 0 aromatic rings. The molecule has 0 aliphatic carbocycles. The maximum Gasteiger partial charge on any atom is 0.235 e. The van der Waals surface area contributed by atoms with Gasteiger partial charge in [0.05, 0.1) is 6.04 Å². The van der Waals surface area contributed by atoms with Crippen molar-refractivity contribution in [1.29, 1.82) is 0 Å². The van der Waals surface area contributed by atoms with E-state index in [2.05, 4.69) is 4.99 Å². The smallest absolute Gasteiger partial charge is 0.235 e. The van der Waals surface area contributed by atoms with Crippen molar-refractivity contribution >= 4 is 6.08 Å². The lowest BCUT2D eigenvalue weighted by Gasteiger charge is -1.88. The number of aliphatic imine (C=N–C) groups is 1. The van der Waals surface area contributed by atoms with Gasteiger partial charge in [-0.3, -0.25) is 0 Å². The van der Waals surface area contributed by atoms with Crippen LogP contribution in [0.15, 0.2) is 4.99 Å². The van der Waals surface area contributed by atoms with Crippen LogP contribution >= 0.6 is 0 Å². The van der Waals surface area contributed by atoms with Crippen molar-refractivity contribution in [2.45, 2.75) is 13.0 Å². The quantitative estimate of drug-likeness (QED) is 0.373. The van der Waals surface area contributed by atoms with Gasteiger partial charge in [-0.15, -0.1) is 0 Å². The van der Waals surface area contributed by atoms with Crippen LogP contribution in [-0.2, 0) is 4.79 Å². The predicted molar refractivity (Wildman–Crippen MR) is 23.6 cm³/mol. The summed E-state index contributed by atoms with van der Waals surface area (Å²) in [5.41, 5.74) is 0. The fourth-order valence-corrected chi connectivity index (χ4v) is 0.124. The van der Waals surface area contributed by atoms with Gasteiger partial charge in [-0.2, -0.15) is 0 Å². The monoisotopic (exact) mass is 103 g/mol. The van der Waals surface area contributed by atoms with Crippen LogP contribution in [0.3, 0.4) is 0 Å². The summed E-state index contributed by atoms with van der Waals surface area (Å²) in [4.78, 5) is 12.4. The summed E-state index contributed by atoms with van der Waals surface area (Å²) in [6.07, 6.45) is 1.25. The maximum atomic E-state index is 11.3. The van der Waals surface area contributed by atoms with Crippen LogP contribution in [0.1, 0.15) is 6.92 Å². The van der Waals surface area contributed by atoms with Gasteiger partial charge in [-0.25, -0.2) is 14.2 Å². The molecular formula is C4H6FNO. The molecule has 2 nitrogen and oxygen atoms in total. The summed E-state index contributed by atoms with van der Waals surface area (Å²) in [7, 11) is 0. The molecule has 0 aliphatic rings. The third-order valence-electron chi connectivity index (χ3n) is 0.496. The zero-order chi connectivity index (χ0) is 5.70. The molecule has 0 saturated heterocycles. The Labute approximate surface area is 41.1 Å². The minimum Gasteiger partial charge on any atom is -0.249 e. The van der Waals surface area contributed by atoms with Gasteiger partial charge < -0.3 is 0 Å². The number of alkyl halides is 1. The Morgan fingerprint density at radius 3 is 2.71 bits per heavy atom. The van der Waals surface area contributed by atoms with E-state index < -0.39 is 12.7 Å². The van der Waals surface area contributed by atoms with Crippen molar-refractivity contribution in [3.05, 3.63) is 0 Å². The Morgan fingerprint density at radius 1 is 2.00 bits per heavy atom. The lowest BCUT2D eigenvalue weighted by molar-refractivity contribution is 0.444. The molecule has 0 bridgehead atoms. The Kier molecular flexibility index (Phi) is 3.15. The molecule has 0 aromatic carbocycles. The normalized spacial score (nSPS) is 12.3. The first kappa shape index (κ1) is 6.31. The molecule has 7 heavy (non-hydrogen) atoms. The van der Waals surface area contributed by atoms with E-state index in [-0.39, 0.29) is 0 Å². The number of hydrogen-bond donors (Lipinski definition) is 0. The molecule has 1 atom stereocenters. The summed E-state index contributed by atoms with van der Waals surface area (Å²) >= 11 is 0. The number of isocyanates is 1. The summed E-state index contributed by atoms with van der Waals surface area (Å²) in [5.74, 6) is 0. The molecule has 0 aromatic heterocycles. The predicted octanol–water partition coefficient (Wildman–Crippen LogP) is 0.680. The molecule has 0 spiro atoms. The van der Waals surface area contributed by atoms with Crippen LogP contribution in [0.25, 0.3) is 0 Å². The zero-order valence-corrected chi connectivity index (χ0v) is 4.02. The van der Waals surface area contributed by atoms with E-state index >= 15 is 0 Å². The third-order valence-corrected chi connectivity index (χ3v) is 0.496. The first-order valence-electron chi connectivity index (χ1n) is 1.94. The molecule has 0 saturated carbocycles. The Hall–Kier alpha value is -0.690. The van der Waals surface area contributed by atoms with Gasteiger partial charge in [-0.05, 0) is 6.92 Å². The highest BCUT2D eigenvalue weighted by molar-refractivity contribution is 5.33. The second kappa shape index (κ2) is 3.50. The number of rotatable bonds is 2. The van der Waals surface area contributed by atoms with Gasteiger partial charge in [0.2, 0.25) is 6.08 Å². The van der Waals surface area contributed by atoms with Crippen LogP contribution in [0.5, 0.6) is 0 Å². The van der Waals surface area contributed by atoms with Gasteiger partial charge in [-0.1, -0.05) is 0 Å². The fraction of sp³-hybridized carbons (Fsp3) is 0.750. The summed E-state index contributed by atoms with van der Waals surface area (Å²) < 4.78 is 11.3. The van der Waals surface area contributed by atoms with Gasteiger partial charge >= 0.3 is 0 Å². The van der Waals surface area contributed by atoms with E-state index in [9.17, 15) is 9.18 Å². The van der Waals surface area contributed by atoms with Crippen molar-refractivity contribution in [3.8, 4) is 0 Å². The van der Waals surface area contributed by atoms with E-state index in [0.29, 0.717) is 0 Å². The van der Waals surface area contributed by atoms with E-state index in [1.54, 1.807) is 0 Å². The van der Waals surface area contributed by atoms with Crippen molar-refractivity contribution < 1.29 is 9.18 Å². The van der Waals surface area contributed by atoms with Gasteiger partial charge in [0.25, 0.3) is 0 Å². The highest BCUT2D eigenvalue weighted by Crippen LogP contribution is 1.85. The second-order valence-electron chi connectivity index (χ2n) is 1.22. The number of carbonyl (C=O) groups excluding carboxylic acids is 1. The Morgan fingerprint density at radius 2 is 2.57 bits per heavy atom. The van der Waals surface area contributed by atoms with Crippen LogP contribution in [0.4, 0.5) is 4.39 Å². The Bertz CT molecular complexity index is 87.7. The molecule has 0 heterocycles. The first-order chi connectivity index (χ1) is 3.31. The summed E-state index contributed by atoms with van der Waals surface area (Å²) in [6.45, 7) is 0.917. The van der Waals surface area contributed by atoms with E-state index in [4.69, 9.17) is 0 Å². The molecule has 0 rings (SSSR count). The molecule has 3 heteroatoms. The van der Waals surface area contributed by atoms with Gasteiger partial charge in [0.1, 0.15) is 6.67 Å². The van der Waals surface area contributed by atoms with Crippen LogP contribution < -0.4 is 0 Å². The SMILES string of the molecule is CC(CF)N=C=O. The van der Waals surface area contributed by atoms with Crippen molar-refractivity contribution in [1.82, 2.24) is 0 Å². The van der Waals surface area contributed by atoms with Crippen molar-refractivity contribution in [2.24, 2.45) is 4.99 Å². The molecule has 0 fully saturated rings. The average Bonchev–Trinajstić information content (AvgIpc) is 1.68. The molecule has 0 aliphatic heterocycles. The molecule has 0 radical (unpaired) electrons. The number of nitrogens with zero attached hydrogens (tertiary/aromatic N) is 1. The number of halogens is 1. The summed E-state index contributed by atoms with van der Waals surface area (Å²) in [6, 6.07) is -0.516. The second-order valence-corrected chi connectivity index (χ2v) is 1.22. The van der Waals surface area contributed by atoms with E-state index in [1.165, 1.54) is 13.0 Å². The van der Waals surface area contributed by atoms with E-state index in [1.807, 2.05) is 0 Å². The van der Waals surface area contributed by atoms with Crippen LogP contribution in [0.2, 0.25) is 0 Å². The number of hydrogen-bond acceptors (Lipinski definition) is 2. The van der Waals surface area contributed by atoms with Gasteiger partial charge in [0.15, 0.2) is 0 Å². The highest BCUT2D eigenvalue weighted by atomic mass is 19.1. The summed E-state index contributed by atoms with van der Waals surface area (Å²) in [5, 5.41) is 0. The standard InChI is InChI=1S/C4H6FNO/c1-4(2-5)6-3-7/h4H,2H2,1H3. The maximum absolute atomic E-state index is 11.3. The average molecular weight is 103 g/mol. The molecule has 1 unspecified atom stereocenters. The Balaban J connectivity index is 3.35. The minimum atomic E-state index is -0.588. The lowest BCUT2D eigenvalue weighted by atomic mass is 10.4. The lowest BCUT2D eigenvalue weighted by Crippen LogP contribution is -1.97. The highest BCUT2D eigenvalue weighted by Gasteiger charge is 1.92. The first-order valence-corrected chi connectivity index (χ1v) is 1.94.